The van der Waals surface area contributed by atoms with Gasteiger partial charge >= 0.3 is 0 Å². The molecule has 1 aromatic heterocycles. The van der Waals surface area contributed by atoms with Crippen molar-refractivity contribution in [1.29, 1.82) is 0 Å². The molecule has 102 valence electrons. The molecule has 1 heterocycles. The lowest BCUT2D eigenvalue weighted by Gasteiger charge is -2.16. The third-order valence-corrected chi connectivity index (χ3v) is 3.41. The van der Waals surface area contributed by atoms with Crippen LogP contribution in [0.2, 0.25) is 0 Å². The summed E-state index contributed by atoms with van der Waals surface area (Å²) in [5.41, 5.74) is 7.68. The van der Waals surface area contributed by atoms with Gasteiger partial charge in [0.2, 0.25) is 0 Å². The maximum absolute atomic E-state index is 5.72. The summed E-state index contributed by atoms with van der Waals surface area (Å²) in [5, 5.41) is 4.48. The quantitative estimate of drug-likeness (QED) is 0.637. The minimum atomic E-state index is 0.0830. The molecule has 0 aliphatic heterocycles. The molecule has 2 aromatic rings. The van der Waals surface area contributed by atoms with Crippen LogP contribution in [0, 0.1) is 6.92 Å². The van der Waals surface area contributed by atoms with Crippen molar-refractivity contribution in [3.8, 4) is 0 Å². The van der Waals surface area contributed by atoms with E-state index in [1.807, 2.05) is 11.7 Å². The predicted molar refractivity (Wildman–Crippen MR) is 77.5 cm³/mol. The number of nitrogens with one attached hydrogen (secondary N) is 1. The number of aromatic nitrogens is 2. The standard InChI is InChI=1S/C15H22N4/c1-4-13-10-15(19(3)18-13)14(17-16)9-12-7-5-6-11(2)8-12/h5-8,10,14,17H,4,9,16H2,1-3H3. The molecule has 0 saturated heterocycles. The van der Waals surface area contributed by atoms with Crippen molar-refractivity contribution in [3.05, 3.63) is 52.8 Å². The molecule has 1 atom stereocenters. The zero-order valence-electron chi connectivity index (χ0n) is 11.9. The van der Waals surface area contributed by atoms with Gasteiger partial charge in [-0.05, 0) is 31.4 Å². The minimum absolute atomic E-state index is 0.0830. The fraction of sp³-hybridized carbons (Fsp3) is 0.400. The molecule has 0 saturated carbocycles. The number of hydrogen-bond acceptors (Lipinski definition) is 3. The number of rotatable bonds is 5. The monoisotopic (exact) mass is 258 g/mol. The van der Waals surface area contributed by atoms with Crippen molar-refractivity contribution in [3.63, 3.8) is 0 Å². The lowest BCUT2D eigenvalue weighted by Crippen LogP contribution is -2.31. The Morgan fingerprint density at radius 2 is 2.16 bits per heavy atom. The zero-order valence-corrected chi connectivity index (χ0v) is 11.9. The van der Waals surface area contributed by atoms with E-state index in [0.29, 0.717) is 0 Å². The van der Waals surface area contributed by atoms with Crippen molar-refractivity contribution in [2.45, 2.75) is 32.7 Å². The van der Waals surface area contributed by atoms with Crippen molar-refractivity contribution < 1.29 is 0 Å². The molecule has 4 heteroatoms. The van der Waals surface area contributed by atoms with E-state index in [-0.39, 0.29) is 6.04 Å². The lowest BCUT2D eigenvalue weighted by molar-refractivity contribution is 0.508. The van der Waals surface area contributed by atoms with Crippen molar-refractivity contribution in [1.82, 2.24) is 15.2 Å². The highest BCUT2D eigenvalue weighted by Crippen LogP contribution is 2.19. The van der Waals surface area contributed by atoms with Gasteiger partial charge in [-0.1, -0.05) is 36.8 Å². The van der Waals surface area contributed by atoms with Gasteiger partial charge in [-0.25, -0.2) is 0 Å². The van der Waals surface area contributed by atoms with E-state index in [4.69, 9.17) is 5.84 Å². The van der Waals surface area contributed by atoms with Crippen LogP contribution in [0.15, 0.2) is 30.3 Å². The third-order valence-electron chi connectivity index (χ3n) is 3.41. The van der Waals surface area contributed by atoms with Crippen LogP contribution in [0.5, 0.6) is 0 Å². The van der Waals surface area contributed by atoms with Crippen molar-refractivity contribution in [2.24, 2.45) is 12.9 Å². The topological polar surface area (TPSA) is 55.9 Å². The number of nitrogens with zero attached hydrogens (tertiary/aromatic N) is 2. The highest BCUT2D eigenvalue weighted by molar-refractivity contribution is 5.25. The largest absolute Gasteiger partial charge is 0.271 e. The average Bonchev–Trinajstić information content (AvgIpc) is 2.77. The Morgan fingerprint density at radius 1 is 1.37 bits per heavy atom. The smallest absolute Gasteiger partial charge is 0.0669 e. The summed E-state index contributed by atoms with van der Waals surface area (Å²) in [4.78, 5) is 0. The second-order valence-corrected chi connectivity index (χ2v) is 4.95. The maximum atomic E-state index is 5.72. The van der Waals surface area contributed by atoms with Gasteiger partial charge in [0.05, 0.1) is 17.4 Å². The Bertz CT molecular complexity index is 545. The number of hydrazine groups is 1. The molecule has 19 heavy (non-hydrogen) atoms. The molecule has 2 rings (SSSR count). The first-order valence-corrected chi connectivity index (χ1v) is 6.68. The molecule has 0 spiro atoms. The molecular formula is C15H22N4. The Hall–Kier alpha value is -1.65. The fourth-order valence-corrected chi connectivity index (χ4v) is 2.37. The lowest BCUT2D eigenvalue weighted by atomic mass is 10.0. The molecule has 0 bridgehead atoms. The molecule has 0 aliphatic rings. The predicted octanol–water partition coefficient (Wildman–Crippen LogP) is 2.04. The summed E-state index contributed by atoms with van der Waals surface area (Å²) in [7, 11) is 1.97. The first-order chi connectivity index (χ1) is 9.13. The van der Waals surface area contributed by atoms with E-state index in [9.17, 15) is 0 Å². The maximum Gasteiger partial charge on any atom is 0.0669 e. The molecule has 1 unspecified atom stereocenters. The number of aryl methyl sites for hydroxylation is 3. The van der Waals surface area contributed by atoms with Gasteiger partial charge in [-0.2, -0.15) is 5.10 Å². The van der Waals surface area contributed by atoms with E-state index in [1.54, 1.807) is 0 Å². The van der Waals surface area contributed by atoms with E-state index in [1.165, 1.54) is 11.1 Å². The summed E-state index contributed by atoms with van der Waals surface area (Å²) in [6.07, 6.45) is 1.80. The molecule has 3 N–H and O–H groups in total. The second-order valence-electron chi connectivity index (χ2n) is 4.95. The summed E-state index contributed by atoms with van der Waals surface area (Å²) in [6, 6.07) is 10.7. The van der Waals surface area contributed by atoms with Gasteiger partial charge in [0.1, 0.15) is 0 Å². The third kappa shape index (κ3) is 3.22. The van der Waals surface area contributed by atoms with E-state index in [2.05, 4.69) is 54.7 Å². The first kappa shape index (κ1) is 13.8. The Morgan fingerprint density at radius 3 is 2.74 bits per heavy atom. The van der Waals surface area contributed by atoms with Gasteiger partial charge in [0, 0.05) is 7.05 Å². The van der Waals surface area contributed by atoms with Gasteiger partial charge in [0.25, 0.3) is 0 Å². The van der Waals surface area contributed by atoms with Gasteiger partial charge in [0.15, 0.2) is 0 Å². The van der Waals surface area contributed by atoms with Crippen LogP contribution in [0.3, 0.4) is 0 Å². The van der Waals surface area contributed by atoms with Crippen LogP contribution in [0.1, 0.15) is 35.5 Å². The Kier molecular flexibility index (Phi) is 4.35. The molecule has 0 amide bonds. The number of nitrogens with two attached hydrogens (primary N) is 1. The highest BCUT2D eigenvalue weighted by Gasteiger charge is 2.15. The van der Waals surface area contributed by atoms with E-state index < -0.39 is 0 Å². The van der Waals surface area contributed by atoms with E-state index in [0.717, 1.165) is 24.2 Å². The molecular weight excluding hydrogens is 236 g/mol. The van der Waals surface area contributed by atoms with Crippen LogP contribution in [-0.4, -0.2) is 9.78 Å². The second kappa shape index (κ2) is 5.99. The SMILES string of the molecule is CCc1cc(C(Cc2cccc(C)c2)NN)n(C)n1. The minimum Gasteiger partial charge on any atom is -0.271 e. The van der Waals surface area contributed by atoms with Crippen LogP contribution in [0.25, 0.3) is 0 Å². The van der Waals surface area contributed by atoms with Gasteiger partial charge in [-0.15, -0.1) is 0 Å². The Labute approximate surface area is 114 Å². The molecule has 0 aliphatic carbocycles. The summed E-state index contributed by atoms with van der Waals surface area (Å²) < 4.78 is 1.92. The molecule has 1 aromatic carbocycles. The van der Waals surface area contributed by atoms with Crippen LogP contribution >= 0.6 is 0 Å². The average molecular weight is 258 g/mol. The summed E-state index contributed by atoms with van der Waals surface area (Å²) in [6.45, 7) is 4.21. The zero-order chi connectivity index (χ0) is 13.8. The first-order valence-electron chi connectivity index (χ1n) is 6.68. The molecule has 4 nitrogen and oxygen atoms in total. The Balaban J connectivity index is 2.22. The molecule has 0 fully saturated rings. The van der Waals surface area contributed by atoms with Crippen LogP contribution in [0.4, 0.5) is 0 Å². The van der Waals surface area contributed by atoms with E-state index >= 15 is 0 Å². The van der Waals surface area contributed by atoms with Crippen molar-refractivity contribution >= 4 is 0 Å². The molecule has 0 radical (unpaired) electrons. The number of benzene rings is 1. The van der Waals surface area contributed by atoms with Crippen LogP contribution < -0.4 is 11.3 Å². The van der Waals surface area contributed by atoms with Gasteiger partial charge < -0.3 is 0 Å². The van der Waals surface area contributed by atoms with Crippen molar-refractivity contribution in [2.75, 3.05) is 0 Å². The highest BCUT2D eigenvalue weighted by atomic mass is 15.3. The normalized spacial score (nSPS) is 12.6. The fourth-order valence-electron chi connectivity index (χ4n) is 2.37. The van der Waals surface area contributed by atoms with Gasteiger partial charge in [-0.3, -0.25) is 16.0 Å². The number of hydrogen-bond donors (Lipinski definition) is 2. The summed E-state index contributed by atoms with van der Waals surface area (Å²) >= 11 is 0. The summed E-state index contributed by atoms with van der Waals surface area (Å²) in [5.74, 6) is 5.72. The van der Waals surface area contributed by atoms with Crippen LogP contribution in [-0.2, 0) is 19.9 Å².